The van der Waals surface area contributed by atoms with Crippen LogP contribution in [0.2, 0.25) is 0 Å². The van der Waals surface area contributed by atoms with Gasteiger partial charge in [0.25, 0.3) is 0 Å². The fourth-order valence-corrected chi connectivity index (χ4v) is 2.61. The molecule has 0 aliphatic heterocycles. The summed E-state index contributed by atoms with van der Waals surface area (Å²) >= 11 is 1.86. The SMILES string of the molecule is CCNC(=NCC(=O)NCCc1ccccc1)NCCCCSC. The number of aliphatic imine (C=N–C) groups is 1. The van der Waals surface area contributed by atoms with E-state index in [-0.39, 0.29) is 12.5 Å². The Labute approximate surface area is 150 Å². The lowest BCUT2D eigenvalue weighted by atomic mass is 10.1. The van der Waals surface area contributed by atoms with E-state index >= 15 is 0 Å². The van der Waals surface area contributed by atoms with Gasteiger partial charge in [0, 0.05) is 19.6 Å². The van der Waals surface area contributed by atoms with Gasteiger partial charge in [-0.2, -0.15) is 11.8 Å². The molecule has 0 radical (unpaired) electrons. The highest BCUT2D eigenvalue weighted by atomic mass is 32.2. The van der Waals surface area contributed by atoms with Crippen molar-refractivity contribution >= 4 is 23.6 Å². The van der Waals surface area contributed by atoms with Crippen molar-refractivity contribution in [3.8, 4) is 0 Å². The molecule has 5 nitrogen and oxygen atoms in total. The molecule has 134 valence electrons. The van der Waals surface area contributed by atoms with Gasteiger partial charge in [0.2, 0.25) is 5.91 Å². The van der Waals surface area contributed by atoms with E-state index in [0.717, 1.165) is 25.9 Å². The monoisotopic (exact) mass is 350 g/mol. The van der Waals surface area contributed by atoms with Crippen LogP contribution in [0.1, 0.15) is 25.3 Å². The predicted molar refractivity (Wildman–Crippen MR) is 105 cm³/mol. The highest BCUT2D eigenvalue weighted by Gasteiger charge is 2.02. The van der Waals surface area contributed by atoms with Crippen molar-refractivity contribution in [3.05, 3.63) is 35.9 Å². The lowest BCUT2D eigenvalue weighted by Gasteiger charge is -2.11. The molecule has 1 amide bonds. The van der Waals surface area contributed by atoms with Crippen molar-refractivity contribution in [2.24, 2.45) is 4.99 Å². The molecule has 0 atom stereocenters. The molecule has 0 bridgehead atoms. The largest absolute Gasteiger partial charge is 0.357 e. The number of unbranched alkanes of at least 4 members (excludes halogenated alkanes) is 1. The van der Waals surface area contributed by atoms with Gasteiger partial charge in [0.15, 0.2) is 5.96 Å². The van der Waals surface area contributed by atoms with Crippen LogP contribution >= 0.6 is 11.8 Å². The summed E-state index contributed by atoms with van der Waals surface area (Å²) in [7, 11) is 0. The van der Waals surface area contributed by atoms with Crippen LogP contribution in [0.4, 0.5) is 0 Å². The van der Waals surface area contributed by atoms with Crippen molar-refractivity contribution in [1.29, 1.82) is 0 Å². The summed E-state index contributed by atoms with van der Waals surface area (Å²) in [6.07, 6.45) is 5.25. The van der Waals surface area contributed by atoms with Crippen LogP contribution in [0.3, 0.4) is 0 Å². The van der Waals surface area contributed by atoms with Crippen molar-refractivity contribution in [3.63, 3.8) is 0 Å². The molecule has 1 aromatic carbocycles. The Balaban J connectivity index is 2.24. The minimum Gasteiger partial charge on any atom is -0.357 e. The number of guanidine groups is 1. The molecule has 0 fully saturated rings. The smallest absolute Gasteiger partial charge is 0.241 e. The Kier molecular flexibility index (Phi) is 11.6. The molecule has 24 heavy (non-hydrogen) atoms. The highest BCUT2D eigenvalue weighted by Crippen LogP contribution is 1.98. The molecule has 0 heterocycles. The van der Waals surface area contributed by atoms with E-state index in [2.05, 4.69) is 39.3 Å². The Bertz CT molecular complexity index is 479. The lowest BCUT2D eigenvalue weighted by Crippen LogP contribution is -2.39. The first kappa shape index (κ1) is 20.4. The number of rotatable bonds is 11. The molecule has 3 N–H and O–H groups in total. The maximum atomic E-state index is 11.9. The number of amides is 1. The second-order valence-corrected chi connectivity index (χ2v) is 6.39. The first-order valence-corrected chi connectivity index (χ1v) is 9.97. The van der Waals surface area contributed by atoms with Crippen LogP contribution in [0.25, 0.3) is 0 Å². The summed E-state index contributed by atoms with van der Waals surface area (Å²) in [4.78, 5) is 16.2. The fourth-order valence-electron chi connectivity index (χ4n) is 2.12. The summed E-state index contributed by atoms with van der Waals surface area (Å²) in [6.45, 7) is 4.46. The van der Waals surface area contributed by atoms with E-state index in [9.17, 15) is 4.79 Å². The lowest BCUT2D eigenvalue weighted by molar-refractivity contribution is -0.119. The molecule has 0 aromatic heterocycles. The van der Waals surface area contributed by atoms with E-state index < -0.39 is 0 Å². The molecule has 0 aliphatic rings. The predicted octanol–water partition coefficient (Wildman–Crippen LogP) is 2.04. The van der Waals surface area contributed by atoms with Crippen LogP contribution in [-0.4, -0.2) is 50.1 Å². The normalized spacial score (nSPS) is 11.2. The number of nitrogens with one attached hydrogen (secondary N) is 3. The minimum atomic E-state index is -0.0504. The van der Waals surface area contributed by atoms with Gasteiger partial charge in [0.05, 0.1) is 0 Å². The van der Waals surface area contributed by atoms with Crippen LogP contribution < -0.4 is 16.0 Å². The summed E-state index contributed by atoms with van der Waals surface area (Å²) in [6, 6.07) is 10.1. The fraction of sp³-hybridized carbons (Fsp3) is 0.556. The zero-order chi connectivity index (χ0) is 17.5. The molecule has 0 saturated carbocycles. The second kappa shape index (κ2) is 13.7. The van der Waals surface area contributed by atoms with Crippen molar-refractivity contribution in [1.82, 2.24) is 16.0 Å². The van der Waals surface area contributed by atoms with Gasteiger partial charge in [-0.15, -0.1) is 0 Å². The molecule has 0 saturated heterocycles. The van der Waals surface area contributed by atoms with Gasteiger partial charge in [0.1, 0.15) is 6.54 Å². The number of carbonyl (C=O) groups excluding carboxylic acids is 1. The molecule has 1 aromatic rings. The summed E-state index contributed by atoms with van der Waals surface area (Å²) in [5.74, 6) is 1.84. The topological polar surface area (TPSA) is 65.5 Å². The van der Waals surface area contributed by atoms with E-state index in [1.807, 2.05) is 36.9 Å². The van der Waals surface area contributed by atoms with E-state index in [0.29, 0.717) is 12.5 Å². The standard InChI is InChI=1S/C18H30N4OS/c1-3-19-18(21-12-7-8-14-24-2)22-15-17(23)20-13-11-16-9-5-4-6-10-16/h4-6,9-10H,3,7-8,11-15H2,1-2H3,(H,20,23)(H2,19,21,22). The number of thioether (sulfide) groups is 1. The molecule has 0 spiro atoms. The van der Waals surface area contributed by atoms with Gasteiger partial charge in [-0.1, -0.05) is 30.3 Å². The first-order valence-electron chi connectivity index (χ1n) is 8.58. The third kappa shape index (κ3) is 10.2. The Morgan fingerprint density at radius 3 is 2.58 bits per heavy atom. The number of hydrogen-bond acceptors (Lipinski definition) is 3. The van der Waals surface area contributed by atoms with Crippen LogP contribution in [0.15, 0.2) is 35.3 Å². The summed E-state index contributed by atoms with van der Waals surface area (Å²) < 4.78 is 0. The van der Waals surface area contributed by atoms with Gasteiger partial charge in [-0.05, 0) is 43.8 Å². The average Bonchev–Trinajstić information content (AvgIpc) is 2.60. The molecule has 6 heteroatoms. The Morgan fingerprint density at radius 2 is 1.88 bits per heavy atom. The summed E-state index contributed by atoms with van der Waals surface area (Å²) in [5, 5.41) is 9.34. The van der Waals surface area contributed by atoms with Crippen molar-refractivity contribution in [2.45, 2.75) is 26.2 Å². The van der Waals surface area contributed by atoms with Crippen molar-refractivity contribution in [2.75, 3.05) is 38.2 Å². The third-order valence-corrected chi connectivity index (χ3v) is 4.07. The number of hydrogen-bond donors (Lipinski definition) is 3. The number of carbonyl (C=O) groups is 1. The minimum absolute atomic E-state index is 0.0504. The average molecular weight is 351 g/mol. The molecular formula is C18H30N4OS. The first-order chi connectivity index (χ1) is 11.8. The maximum Gasteiger partial charge on any atom is 0.241 e. The Morgan fingerprint density at radius 1 is 1.08 bits per heavy atom. The third-order valence-electron chi connectivity index (χ3n) is 3.37. The molecule has 0 unspecified atom stereocenters. The van der Waals surface area contributed by atoms with Crippen molar-refractivity contribution < 1.29 is 4.79 Å². The molecular weight excluding hydrogens is 320 g/mol. The highest BCUT2D eigenvalue weighted by molar-refractivity contribution is 7.98. The van der Waals surface area contributed by atoms with Gasteiger partial charge >= 0.3 is 0 Å². The van der Waals surface area contributed by atoms with Crippen LogP contribution in [0, 0.1) is 0 Å². The van der Waals surface area contributed by atoms with E-state index in [1.165, 1.54) is 17.7 Å². The maximum absolute atomic E-state index is 11.9. The van der Waals surface area contributed by atoms with Crippen LogP contribution in [0.5, 0.6) is 0 Å². The Hall–Kier alpha value is -1.69. The summed E-state index contributed by atoms with van der Waals surface area (Å²) in [5.41, 5.74) is 1.22. The second-order valence-electron chi connectivity index (χ2n) is 5.41. The van der Waals surface area contributed by atoms with E-state index in [4.69, 9.17) is 0 Å². The number of nitrogens with zero attached hydrogens (tertiary/aromatic N) is 1. The molecule has 0 aliphatic carbocycles. The number of benzene rings is 1. The van der Waals surface area contributed by atoms with Crippen LogP contribution in [-0.2, 0) is 11.2 Å². The quantitative estimate of drug-likeness (QED) is 0.325. The molecule has 1 rings (SSSR count). The zero-order valence-corrected chi connectivity index (χ0v) is 15.6. The zero-order valence-electron chi connectivity index (χ0n) is 14.8. The van der Waals surface area contributed by atoms with Gasteiger partial charge < -0.3 is 16.0 Å². The van der Waals surface area contributed by atoms with Gasteiger partial charge in [-0.25, -0.2) is 4.99 Å². The van der Waals surface area contributed by atoms with E-state index in [1.54, 1.807) is 0 Å². The van der Waals surface area contributed by atoms with Gasteiger partial charge in [-0.3, -0.25) is 4.79 Å².